The zero-order valence-corrected chi connectivity index (χ0v) is 13.9. The van der Waals surface area contributed by atoms with E-state index in [0.717, 1.165) is 5.56 Å². The summed E-state index contributed by atoms with van der Waals surface area (Å²) in [6.07, 6.45) is 0. The van der Waals surface area contributed by atoms with Crippen molar-refractivity contribution < 1.29 is 14.3 Å². The highest BCUT2D eigenvalue weighted by Gasteiger charge is 2.15. The molecular formula is C17H16Cl2O3. The van der Waals surface area contributed by atoms with Gasteiger partial charge < -0.3 is 9.47 Å². The van der Waals surface area contributed by atoms with E-state index in [1.165, 1.54) is 17.7 Å². The Morgan fingerprint density at radius 1 is 1.09 bits per heavy atom. The summed E-state index contributed by atoms with van der Waals surface area (Å²) in [6, 6.07) is 11.0. The smallest absolute Gasteiger partial charge is 0.338 e. The molecule has 0 N–H and O–H groups in total. The molecule has 0 aliphatic heterocycles. The molecule has 0 fully saturated rings. The third-order valence-corrected chi connectivity index (χ3v) is 3.57. The molecule has 2 aromatic rings. The summed E-state index contributed by atoms with van der Waals surface area (Å²) < 4.78 is 10.6. The van der Waals surface area contributed by atoms with Crippen LogP contribution in [0, 0.1) is 6.92 Å². The van der Waals surface area contributed by atoms with Gasteiger partial charge in [0, 0.05) is 0 Å². The Balaban J connectivity index is 2.14. The molecule has 0 unspecified atom stereocenters. The van der Waals surface area contributed by atoms with Crippen molar-refractivity contribution in [3.63, 3.8) is 0 Å². The van der Waals surface area contributed by atoms with Crippen LogP contribution in [-0.4, -0.2) is 12.6 Å². The lowest BCUT2D eigenvalue weighted by molar-refractivity contribution is 0.0526. The first kappa shape index (κ1) is 16.7. The van der Waals surface area contributed by atoms with E-state index in [4.69, 9.17) is 32.7 Å². The summed E-state index contributed by atoms with van der Waals surface area (Å²) in [6.45, 7) is 4.39. The molecule has 0 amide bonds. The van der Waals surface area contributed by atoms with E-state index in [-0.39, 0.29) is 10.0 Å². The molecule has 22 heavy (non-hydrogen) atoms. The van der Waals surface area contributed by atoms with E-state index < -0.39 is 5.97 Å². The second-order valence-corrected chi connectivity index (χ2v) is 5.58. The molecule has 5 heteroatoms. The Morgan fingerprint density at radius 3 is 2.23 bits per heavy atom. The minimum absolute atomic E-state index is 0.280. The van der Waals surface area contributed by atoms with Gasteiger partial charge in [0.15, 0.2) is 5.75 Å². The van der Waals surface area contributed by atoms with E-state index in [1.54, 1.807) is 6.92 Å². The maximum Gasteiger partial charge on any atom is 0.338 e. The lowest BCUT2D eigenvalue weighted by atomic mass is 10.2. The number of hydrogen-bond donors (Lipinski definition) is 0. The minimum atomic E-state index is -0.462. The standard InChI is InChI=1S/C17H16Cl2O3/c1-3-21-17(20)13-8-14(18)16(15(19)9-13)22-10-12-6-4-11(2)5-7-12/h4-9H,3,10H2,1-2H3. The molecule has 0 aliphatic rings. The molecular weight excluding hydrogens is 323 g/mol. The first-order valence-electron chi connectivity index (χ1n) is 6.85. The number of halogens is 2. The molecule has 116 valence electrons. The van der Waals surface area contributed by atoms with Gasteiger partial charge in [-0.15, -0.1) is 0 Å². The number of benzene rings is 2. The molecule has 0 aromatic heterocycles. The van der Waals surface area contributed by atoms with Gasteiger partial charge in [0.2, 0.25) is 0 Å². The van der Waals surface area contributed by atoms with Crippen molar-refractivity contribution in [3.8, 4) is 5.75 Å². The summed E-state index contributed by atoms with van der Waals surface area (Å²) in [5.74, 6) is -0.103. The summed E-state index contributed by atoms with van der Waals surface area (Å²) in [5.41, 5.74) is 2.49. The molecule has 0 aliphatic carbocycles. The molecule has 3 nitrogen and oxygen atoms in total. The van der Waals surface area contributed by atoms with Gasteiger partial charge in [-0.05, 0) is 31.5 Å². The van der Waals surface area contributed by atoms with Crippen LogP contribution in [0.1, 0.15) is 28.4 Å². The average molecular weight is 339 g/mol. The normalized spacial score (nSPS) is 10.4. The van der Waals surface area contributed by atoms with Gasteiger partial charge in [0.05, 0.1) is 22.2 Å². The number of carbonyl (C=O) groups excluding carboxylic acids is 1. The fraction of sp³-hybridized carbons (Fsp3) is 0.235. The van der Waals surface area contributed by atoms with Gasteiger partial charge in [-0.1, -0.05) is 53.0 Å². The van der Waals surface area contributed by atoms with Gasteiger partial charge in [-0.25, -0.2) is 4.79 Å². The molecule has 0 saturated heterocycles. The monoisotopic (exact) mass is 338 g/mol. The number of rotatable bonds is 5. The molecule has 0 radical (unpaired) electrons. The highest BCUT2D eigenvalue weighted by atomic mass is 35.5. The van der Waals surface area contributed by atoms with Crippen LogP contribution in [0.3, 0.4) is 0 Å². The van der Waals surface area contributed by atoms with Crippen molar-refractivity contribution in [1.82, 2.24) is 0 Å². The summed E-state index contributed by atoms with van der Waals surface area (Å²) in [7, 11) is 0. The van der Waals surface area contributed by atoms with Crippen molar-refractivity contribution in [1.29, 1.82) is 0 Å². The fourth-order valence-electron chi connectivity index (χ4n) is 1.87. The van der Waals surface area contributed by atoms with Crippen molar-refractivity contribution in [2.75, 3.05) is 6.61 Å². The van der Waals surface area contributed by atoms with Crippen LogP contribution in [0.25, 0.3) is 0 Å². The lowest BCUT2D eigenvalue weighted by Gasteiger charge is -2.12. The van der Waals surface area contributed by atoms with Crippen LogP contribution in [0.2, 0.25) is 10.0 Å². The molecule has 0 bridgehead atoms. The van der Waals surface area contributed by atoms with Crippen molar-refractivity contribution in [2.24, 2.45) is 0 Å². The maximum absolute atomic E-state index is 11.7. The minimum Gasteiger partial charge on any atom is -0.486 e. The predicted octanol–water partition coefficient (Wildman–Crippen LogP) is 5.06. The van der Waals surface area contributed by atoms with Crippen molar-refractivity contribution >= 4 is 29.2 Å². The summed E-state index contributed by atoms with van der Waals surface area (Å²) in [5, 5.41) is 0.560. The molecule has 2 aromatic carbocycles. The van der Waals surface area contributed by atoms with Crippen LogP contribution in [0.15, 0.2) is 36.4 Å². The highest BCUT2D eigenvalue weighted by molar-refractivity contribution is 6.37. The van der Waals surface area contributed by atoms with Crippen molar-refractivity contribution in [3.05, 3.63) is 63.1 Å². The van der Waals surface area contributed by atoms with E-state index >= 15 is 0 Å². The van der Waals surface area contributed by atoms with E-state index in [1.807, 2.05) is 31.2 Å². The molecule has 0 heterocycles. The van der Waals surface area contributed by atoms with Crippen LogP contribution in [-0.2, 0) is 11.3 Å². The van der Waals surface area contributed by atoms with Crippen LogP contribution in [0.5, 0.6) is 5.75 Å². The van der Waals surface area contributed by atoms with E-state index in [0.29, 0.717) is 24.5 Å². The Labute approximate surface area is 139 Å². The van der Waals surface area contributed by atoms with E-state index in [9.17, 15) is 4.79 Å². The van der Waals surface area contributed by atoms with Crippen LogP contribution < -0.4 is 4.74 Å². The van der Waals surface area contributed by atoms with Gasteiger partial charge in [-0.3, -0.25) is 0 Å². The second kappa shape index (κ2) is 7.52. The zero-order chi connectivity index (χ0) is 16.1. The maximum atomic E-state index is 11.7. The molecule has 0 saturated carbocycles. The van der Waals surface area contributed by atoms with Crippen LogP contribution in [0.4, 0.5) is 0 Å². The topological polar surface area (TPSA) is 35.5 Å². The Morgan fingerprint density at radius 2 is 1.68 bits per heavy atom. The van der Waals surface area contributed by atoms with Gasteiger partial charge in [-0.2, -0.15) is 0 Å². The number of ether oxygens (including phenoxy) is 2. The second-order valence-electron chi connectivity index (χ2n) is 4.76. The SMILES string of the molecule is CCOC(=O)c1cc(Cl)c(OCc2ccc(C)cc2)c(Cl)c1. The molecule has 2 rings (SSSR count). The van der Waals surface area contributed by atoms with Gasteiger partial charge in [0.1, 0.15) is 6.61 Å². The first-order chi connectivity index (χ1) is 10.5. The molecule has 0 spiro atoms. The predicted molar refractivity (Wildman–Crippen MR) is 87.9 cm³/mol. The Hall–Kier alpha value is -1.71. The Kier molecular flexibility index (Phi) is 5.69. The lowest BCUT2D eigenvalue weighted by Crippen LogP contribution is -2.05. The third kappa shape index (κ3) is 4.15. The quantitative estimate of drug-likeness (QED) is 0.715. The fourth-order valence-corrected chi connectivity index (χ4v) is 2.47. The summed E-state index contributed by atoms with van der Waals surface area (Å²) in [4.78, 5) is 11.7. The van der Waals surface area contributed by atoms with Gasteiger partial charge >= 0.3 is 5.97 Å². The largest absolute Gasteiger partial charge is 0.486 e. The highest BCUT2D eigenvalue weighted by Crippen LogP contribution is 2.35. The van der Waals surface area contributed by atoms with Crippen LogP contribution >= 0.6 is 23.2 Å². The molecule has 0 atom stereocenters. The average Bonchev–Trinajstić information content (AvgIpc) is 2.48. The zero-order valence-electron chi connectivity index (χ0n) is 12.4. The van der Waals surface area contributed by atoms with Crippen molar-refractivity contribution in [2.45, 2.75) is 20.5 Å². The van der Waals surface area contributed by atoms with E-state index in [2.05, 4.69) is 0 Å². The third-order valence-electron chi connectivity index (χ3n) is 3.01. The first-order valence-corrected chi connectivity index (χ1v) is 7.61. The number of esters is 1. The number of aryl methyl sites for hydroxylation is 1. The number of hydrogen-bond acceptors (Lipinski definition) is 3. The van der Waals surface area contributed by atoms with Gasteiger partial charge in [0.25, 0.3) is 0 Å². The summed E-state index contributed by atoms with van der Waals surface area (Å²) >= 11 is 12.3. The Bertz CT molecular complexity index is 643. The number of carbonyl (C=O) groups is 1.